The Morgan fingerprint density at radius 1 is 1.50 bits per heavy atom. The summed E-state index contributed by atoms with van der Waals surface area (Å²) in [5.74, 6) is 0.0904. The molecule has 0 fully saturated rings. The van der Waals surface area contributed by atoms with Crippen molar-refractivity contribution in [3.05, 3.63) is 28.7 Å². The molecule has 0 spiro atoms. The van der Waals surface area contributed by atoms with Crippen LogP contribution in [0.5, 0.6) is 11.8 Å². The fourth-order valence-electron chi connectivity index (χ4n) is 1.07. The summed E-state index contributed by atoms with van der Waals surface area (Å²) in [7, 11) is 1.46. The molecule has 0 aromatic carbocycles. The Kier molecular flexibility index (Phi) is 1.81. The van der Waals surface area contributed by atoms with Gasteiger partial charge in [0, 0.05) is 12.3 Å². The molecule has 72 valence electrons. The fraction of sp³-hybridized carbons (Fsp3) is 0.125. The molecule has 0 radical (unpaired) electrons. The van der Waals surface area contributed by atoms with E-state index < -0.39 is 0 Å². The first-order valence-electron chi connectivity index (χ1n) is 3.84. The Balaban J connectivity index is 2.82. The summed E-state index contributed by atoms with van der Waals surface area (Å²) in [6, 6.07) is 2.55. The molecule has 0 unspecified atom stereocenters. The maximum Gasteiger partial charge on any atom is 0.262 e. The van der Waals surface area contributed by atoms with E-state index in [1.54, 1.807) is 0 Å². The van der Waals surface area contributed by atoms with Crippen molar-refractivity contribution in [3.8, 4) is 11.8 Å². The molecule has 2 aromatic rings. The largest absolute Gasteiger partial charge is 0.493 e. The van der Waals surface area contributed by atoms with E-state index in [4.69, 9.17) is 9.84 Å². The Hall–Kier alpha value is -2.11. The molecular weight excluding hydrogens is 186 g/mol. The highest BCUT2D eigenvalue weighted by Crippen LogP contribution is 2.07. The molecule has 1 N–H and O–H groups in total. The lowest BCUT2D eigenvalue weighted by atomic mass is 10.5. The first-order valence-corrected chi connectivity index (χ1v) is 3.84. The van der Waals surface area contributed by atoms with Crippen LogP contribution in [0.1, 0.15) is 0 Å². The van der Waals surface area contributed by atoms with Crippen LogP contribution in [0.4, 0.5) is 0 Å². The molecule has 0 saturated carbocycles. The second-order valence-corrected chi connectivity index (χ2v) is 2.59. The van der Waals surface area contributed by atoms with Crippen molar-refractivity contribution in [2.24, 2.45) is 0 Å². The van der Waals surface area contributed by atoms with Gasteiger partial charge in [-0.05, 0) is 0 Å². The lowest BCUT2D eigenvalue weighted by molar-refractivity contribution is 0.397. The van der Waals surface area contributed by atoms with Gasteiger partial charge in [0.15, 0.2) is 0 Å². The summed E-state index contributed by atoms with van der Waals surface area (Å²) in [5, 5.41) is 9.07. The normalized spacial score (nSPS) is 10.4. The third-order valence-corrected chi connectivity index (χ3v) is 1.71. The Bertz CT molecular complexity index is 535. The van der Waals surface area contributed by atoms with Crippen LogP contribution in [0.3, 0.4) is 0 Å². The highest BCUT2D eigenvalue weighted by atomic mass is 16.5. The summed E-state index contributed by atoms with van der Waals surface area (Å²) in [6.07, 6.45) is 1.48. The van der Waals surface area contributed by atoms with Gasteiger partial charge in [0.25, 0.3) is 5.56 Å². The molecule has 2 heterocycles. The minimum atomic E-state index is -0.386. The number of ether oxygens (including phenoxy) is 1. The van der Waals surface area contributed by atoms with Gasteiger partial charge in [0.05, 0.1) is 13.2 Å². The fourth-order valence-corrected chi connectivity index (χ4v) is 1.07. The van der Waals surface area contributed by atoms with Gasteiger partial charge in [-0.15, -0.1) is 0 Å². The lowest BCUT2D eigenvalue weighted by Crippen LogP contribution is -2.14. The Morgan fingerprint density at radius 3 is 3.00 bits per heavy atom. The zero-order chi connectivity index (χ0) is 10.1. The summed E-state index contributed by atoms with van der Waals surface area (Å²) in [6.45, 7) is 0. The van der Waals surface area contributed by atoms with Crippen LogP contribution in [0, 0.1) is 0 Å². The van der Waals surface area contributed by atoms with E-state index in [1.165, 1.54) is 23.8 Å². The molecular formula is C8H7N3O3. The van der Waals surface area contributed by atoms with Crippen LogP contribution < -0.4 is 10.3 Å². The molecule has 0 aliphatic rings. The molecule has 0 atom stereocenters. The number of hydrogen-bond donors (Lipinski definition) is 1. The van der Waals surface area contributed by atoms with Crippen LogP contribution >= 0.6 is 0 Å². The number of aromatic hydroxyl groups is 1. The summed E-state index contributed by atoms with van der Waals surface area (Å²) < 4.78 is 6.06. The molecule has 0 aliphatic carbocycles. The van der Waals surface area contributed by atoms with Crippen LogP contribution in [-0.4, -0.2) is 26.6 Å². The second kappa shape index (κ2) is 2.99. The average molecular weight is 193 g/mol. The van der Waals surface area contributed by atoms with E-state index in [-0.39, 0.29) is 17.2 Å². The first kappa shape index (κ1) is 8.49. The van der Waals surface area contributed by atoms with Crippen molar-refractivity contribution in [1.29, 1.82) is 0 Å². The highest BCUT2D eigenvalue weighted by molar-refractivity contribution is 5.33. The van der Waals surface area contributed by atoms with E-state index >= 15 is 0 Å². The van der Waals surface area contributed by atoms with Gasteiger partial charge in [-0.2, -0.15) is 9.97 Å². The van der Waals surface area contributed by atoms with Crippen LogP contribution in [0.2, 0.25) is 0 Å². The molecule has 0 bridgehead atoms. The molecule has 0 amide bonds. The van der Waals surface area contributed by atoms with Gasteiger partial charge >= 0.3 is 0 Å². The number of hydrogen-bond acceptors (Lipinski definition) is 5. The quantitative estimate of drug-likeness (QED) is 0.678. The van der Waals surface area contributed by atoms with E-state index in [0.29, 0.717) is 5.88 Å². The lowest BCUT2D eigenvalue weighted by Gasteiger charge is -2.01. The van der Waals surface area contributed by atoms with E-state index in [0.717, 1.165) is 6.07 Å². The first-order chi connectivity index (χ1) is 6.70. The SMILES string of the molecule is COc1ccn2c(=O)cc(O)nc2n1. The van der Waals surface area contributed by atoms with Crippen LogP contribution in [-0.2, 0) is 0 Å². The number of nitrogens with zero attached hydrogens (tertiary/aromatic N) is 3. The average Bonchev–Trinajstić information content (AvgIpc) is 2.16. The second-order valence-electron chi connectivity index (χ2n) is 2.59. The molecule has 0 saturated heterocycles. The molecule has 14 heavy (non-hydrogen) atoms. The van der Waals surface area contributed by atoms with Gasteiger partial charge in [0.2, 0.25) is 17.5 Å². The number of fused-ring (bicyclic) bond motifs is 1. The maximum absolute atomic E-state index is 11.3. The zero-order valence-electron chi connectivity index (χ0n) is 7.34. The summed E-state index contributed by atoms with van der Waals surface area (Å²) in [5.41, 5.74) is -0.386. The van der Waals surface area contributed by atoms with Gasteiger partial charge in [0.1, 0.15) is 0 Å². The molecule has 6 nitrogen and oxygen atoms in total. The minimum absolute atomic E-state index is 0.106. The van der Waals surface area contributed by atoms with Crippen molar-refractivity contribution in [1.82, 2.24) is 14.4 Å². The van der Waals surface area contributed by atoms with Crippen molar-refractivity contribution in [2.45, 2.75) is 0 Å². The van der Waals surface area contributed by atoms with Crippen molar-refractivity contribution >= 4 is 5.78 Å². The smallest absolute Gasteiger partial charge is 0.262 e. The van der Waals surface area contributed by atoms with Crippen LogP contribution in [0.25, 0.3) is 5.78 Å². The summed E-state index contributed by atoms with van der Waals surface area (Å²) in [4.78, 5) is 18.8. The highest BCUT2D eigenvalue weighted by Gasteiger charge is 2.02. The van der Waals surface area contributed by atoms with Crippen molar-refractivity contribution in [2.75, 3.05) is 7.11 Å². The monoisotopic (exact) mass is 193 g/mol. The Morgan fingerprint density at radius 2 is 2.29 bits per heavy atom. The van der Waals surface area contributed by atoms with E-state index in [1.807, 2.05) is 0 Å². The predicted octanol–water partition coefficient (Wildman–Crippen LogP) is -0.196. The standard InChI is InChI=1S/C8H7N3O3/c1-14-6-2-3-11-7(13)4-5(12)9-8(11)10-6/h2-4,12H,1H3. The predicted molar refractivity (Wildman–Crippen MR) is 47.5 cm³/mol. The molecule has 2 aromatic heterocycles. The number of methoxy groups -OCH3 is 1. The van der Waals surface area contributed by atoms with E-state index in [2.05, 4.69) is 9.97 Å². The van der Waals surface area contributed by atoms with Crippen molar-refractivity contribution in [3.63, 3.8) is 0 Å². The zero-order valence-corrected chi connectivity index (χ0v) is 7.34. The van der Waals surface area contributed by atoms with Gasteiger partial charge in [-0.3, -0.25) is 9.20 Å². The van der Waals surface area contributed by atoms with E-state index in [9.17, 15) is 4.79 Å². The maximum atomic E-state index is 11.3. The molecule has 2 rings (SSSR count). The third-order valence-electron chi connectivity index (χ3n) is 1.71. The summed E-state index contributed by atoms with van der Waals surface area (Å²) >= 11 is 0. The third kappa shape index (κ3) is 1.26. The van der Waals surface area contributed by atoms with Crippen molar-refractivity contribution < 1.29 is 9.84 Å². The van der Waals surface area contributed by atoms with Gasteiger partial charge in [-0.1, -0.05) is 0 Å². The van der Waals surface area contributed by atoms with Gasteiger partial charge in [-0.25, -0.2) is 0 Å². The molecule has 6 heteroatoms. The number of rotatable bonds is 1. The number of aromatic nitrogens is 3. The Labute approximate surface area is 78.4 Å². The topological polar surface area (TPSA) is 76.7 Å². The minimum Gasteiger partial charge on any atom is -0.493 e. The van der Waals surface area contributed by atoms with Crippen LogP contribution in [0.15, 0.2) is 23.1 Å². The van der Waals surface area contributed by atoms with Gasteiger partial charge < -0.3 is 9.84 Å². The molecule has 0 aliphatic heterocycles.